The Labute approximate surface area is 113 Å². The fraction of sp³-hybridized carbons (Fsp3) is 0.467. The van der Waals surface area contributed by atoms with Crippen molar-refractivity contribution in [1.82, 2.24) is 5.32 Å². The van der Waals surface area contributed by atoms with Gasteiger partial charge in [-0.05, 0) is 30.0 Å². The molecule has 2 N–H and O–H groups in total. The smallest absolute Gasteiger partial charge is 0.251 e. The molecular weight excluding hydrogens is 240 g/mol. The molecule has 0 spiro atoms. The first-order valence-corrected chi connectivity index (χ1v) is 6.75. The number of hydrogen-bond acceptors (Lipinski definition) is 2. The number of nitrogens with one attached hydrogen (secondary N) is 2. The topological polar surface area (TPSA) is 58.2 Å². The van der Waals surface area contributed by atoms with Crippen LogP contribution >= 0.6 is 0 Å². The summed E-state index contributed by atoms with van der Waals surface area (Å²) in [6.07, 6.45) is 1.31. The number of benzene rings is 1. The predicted octanol–water partition coefficient (Wildman–Crippen LogP) is 2.35. The van der Waals surface area contributed by atoms with E-state index in [0.29, 0.717) is 17.9 Å². The van der Waals surface area contributed by atoms with E-state index in [4.69, 9.17) is 0 Å². The molecule has 2 rings (SSSR count). The average Bonchev–Trinajstić information content (AvgIpc) is 2.74. The van der Waals surface area contributed by atoms with Gasteiger partial charge in [-0.25, -0.2) is 0 Å². The third-order valence-corrected chi connectivity index (χ3v) is 3.56. The summed E-state index contributed by atoms with van der Waals surface area (Å²) >= 11 is 0. The highest BCUT2D eigenvalue weighted by molar-refractivity contribution is 6.02. The number of anilines is 1. The standard InChI is InChI=1S/C15H20N2O2/c1-4-12(9(2)3)17-15(19)11-6-5-10-8-14(18)16-13(10)7-11/h5-7,9,12H,4,8H2,1-3H3,(H,16,18)(H,17,19). The molecule has 1 aromatic rings. The number of fused-ring (bicyclic) bond motifs is 1. The van der Waals surface area contributed by atoms with Crippen molar-refractivity contribution in [2.45, 2.75) is 39.7 Å². The maximum atomic E-state index is 12.2. The van der Waals surface area contributed by atoms with Crippen LogP contribution in [-0.4, -0.2) is 17.9 Å². The first-order chi connectivity index (χ1) is 9.01. The van der Waals surface area contributed by atoms with Gasteiger partial charge in [0.2, 0.25) is 5.91 Å². The lowest BCUT2D eigenvalue weighted by Gasteiger charge is -2.20. The lowest BCUT2D eigenvalue weighted by molar-refractivity contribution is -0.115. The molecule has 4 heteroatoms. The molecule has 0 saturated heterocycles. The van der Waals surface area contributed by atoms with E-state index in [1.807, 2.05) is 6.07 Å². The second kappa shape index (κ2) is 5.43. The number of rotatable bonds is 4. The van der Waals surface area contributed by atoms with Crippen molar-refractivity contribution in [3.63, 3.8) is 0 Å². The zero-order chi connectivity index (χ0) is 14.0. The number of carbonyl (C=O) groups excluding carboxylic acids is 2. The molecule has 0 fully saturated rings. The Morgan fingerprint density at radius 3 is 2.79 bits per heavy atom. The number of hydrogen-bond donors (Lipinski definition) is 2. The Bertz CT molecular complexity index is 509. The van der Waals surface area contributed by atoms with Gasteiger partial charge in [0.05, 0.1) is 6.42 Å². The van der Waals surface area contributed by atoms with Gasteiger partial charge in [0.15, 0.2) is 0 Å². The monoisotopic (exact) mass is 260 g/mol. The van der Waals surface area contributed by atoms with Crippen molar-refractivity contribution in [3.05, 3.63) is 29.3 Å². The third-order valence-electron chi connectivity index (χ3n) is 3.56. The summed E-state index contributed by atoms with van der Waals surface area (Å²) < 4.78 is 0. The molecule has 1 atom stereocenters. The van der Waals surface area contributed by atoms with E-state index in [0.717, 1.165) is 17.7 Å². The Morgan fingerprint density at radius 2 is 2.16 bits per heavy atom. The molecule has 0 bridgehead atoms. The maximum Gasteiger partial charge on any atom is 0.251 e. The third kappa shape index (κ3) is 2.95. The normalized spacial score (nSPS) is 15.1. The summed E-state index contributed by atoms with van der Waals surface area (Å²) in [7, 11) is 0. The first kappa shape index (κ1) is 13.6. The van der Waals surface area contributed by atoms with Crippen molar-refractivity contribution in [1.29, 1.82) is 0 Å². The van der Waals surface area contributed by atoms with Crippen LogP contribution in [0, 0.1) is 5.92 Å². The van der Waals surface area contributed by atoms with E-state index in [2.05, 4.69) is 31.4 Å². The van der Waals surface area contributed by atoms with E-state index in [1.165, 1.54) is 0 Å². The highest BCUT2D eigenvalue weighted by atomic mass is 16.2. The lowest BCUT2D eigenvalue weighted by Crippen LogP contribution is -2.38. The zero-order valence-electron chi connectivity index (χ0n) is 11.6. The number of carbonyl (C=O) groups is 2. The molecule has 0 radical (unpaired) electrons. The Kier molecular flexibility index (Phi) is 3.88. The van der Waals surface area contributed by atoms with Gasteiger partial charge in [-0.1, -0.05) is 26.8 Å². The second-order valence-corrected chi connectivity index (χ2v) is 5.33. The molecule has 0 aromatic heterocycles. The van der Waals surface area contributed by atoms with Crippen LogP contribution < -0.4 is 10.6 Å². The SMILES string of the molecule is CCC(NC(=O)c1ccc2c(c1)NC(=O)C2)C(C)C. The summed E-state index contributed by atoms with van der Waals surface area (Å²) in [5.41, 5.74) is 2.31. The molecular formula is C15H20N2O2. The van der Waals surface area contributed by atoms with Crippen molar-refractivity contribution in [2.75, 3.05) is 5.32 Å². The molecule has 102 valence electrons. The van der Waals surface area contributed by atoms with Gasteiger partial charge in [0.25, 0.3) is 5.91 Å². The molecule has 1 aliphatic rings. The highest BCUT2D eigenvalue weighted by Crippen LogP contribution is 2.24. The fourth-order valence-electron chi connectivity index (χ4n) is 2.35. The molecule has 19 heavy (non-hydrogen) atoms. The lowest BCUT2D eigenvalue weighted by atomic mass is 10.0. The minimum Gasteiger partial charge on any atom is -0.349 e. The molecule has 1 heterocycles. The van der Waals surface area contributed by atoms with Crippen LogP contribution in [0.3, 0.4) is 0 Å². The van der Waals surface area contributed by atoms with Gasteiger partial charge < -0.3 is 10.6 Å². The summed E-state index contributed by atoms with van der Waals surface area (Å²) in [5, 5.41) is 5.80. The molecule has 1 unspecified atom stereocenters. The molecule has 2 amide bonds. The van der Waals surface area contributed by atoms with Gasteiger partial charge in [-0.3, -0.25) is 9.59 Å². The largest absolute Gasteiger partial charge is 0.349 e. The van der Waals surface area contributed by atoms with E-state index in [9.17, 15) is 9.59 Å². The van der Waals surface area contributed by atoms with E-state index in [1.54, 1.807) is 12.1 Å². The minimum atomic E-state index is -0.0792. The van der Waals surface area contributed by atoms with Crippen LogP contribution in [0.25, 0.3) is 0 Å². The molecule has 1 aromatic carbocycles. The van der Waals surface area contributed by atoms with E-state index >= 15 is 0 Å². The average molecular weight is 260 g/mol. The van der Waals surface area contributed by atoms with Crippen molar-refractivity contribution < 1.29 is 9.59 Å². The molecule has 0 aliphatic carbocycles. The van der Waals surface area contributed by atoms with Gasteiger partial charge >= 0.3 is 0 Å². The molecule has 1 aliphatic heterocycles. The Balaban J connectivity index is 2.12. The highest BCUT2D eigenvalue weighted by Gasteiger charge is 2.20. The van der Waals surface area contributed by atoms with Crippen LogP contribution in [0.4, 0.5) is 5.69 Å². The Morgan fingerprint density at radius 1 is 1.42 bits per heavy atom. The van der Waals surface area contributed by atoms with Crippen LogP contribution in [0.5, 0.6) is 0 Å². The van der Waals surface area contributed by atoms with Crippen molar-refractivity contribution in [3.8, 4) is 0 Å². The summed E-state index contributed by atoms with van der Waals surface area (Å²) in [5.74, 6) is 0.314. The number of amides is 2. The predicted molar refractivity (Wildman–Crippen MR) is 75.2 cm³/mol. The summed E-state index contributed by atoms with van der Waals surface area (Å²) in [6.45, 7) is 6.25. The van der Waals surface area contributed by atoms with Crippen LogP contribution in [0.2, 0.25) is 0 Å². The van der Waals surface area contributed by atoms with Gasteiger partial charge in [-0.2, -0.15) is 0 Å². The molecule has 0 saturated carbocycles. The van der Waals surface area contributed by atoms with Crippen LogP contribution in [-0.2, 0) is 11.2 Å². The molecule has 4 nitrogen and oxygen atoms in total. The van der Waals surface area contributed by atoms with Crippen molar-refractivity contribution >= 4 is 17.5 Å². The van der Waals surface area contributed by atoms with Crippen LogP contribution in [0.15, 0.2) is 18.2 Å². The second-order valence-electron chi connectivity index (χ2n) is 5.33. The first-order valence-electron chi connectivity index (χ1n) is 6.75. The summed E-state index contributed by atoms with van der Waals surface area (Å²) in [4.78, 5) is 23.5. The quantitative estimate of drug-likeness (QED) is 0.873. The fourth-order valence-corrected chi connectivity index (χ4v) is 2.35. The van der Waals surface area contributed by atoms with Gasteiger partial charge in [-0.15, -0.1) is 0 Å². The van der Waals surface area contributed by atoms with Crippen molar-refractivity contribution in [2.24, 2.45) is 5.92 Å². The Hall–Kier alpha value is -1.84. The van der Waals surface area contributed by atoms with Gasteiger partial charge in [0.1, 0.15) is 0 Å². The van der Waals surface area contributed by atoms with Gasteiger partial charge in [0, 0.05) is 17.3 Å². The maximum absolute atomic E-state index is 12.2. The minimum absolute atomic E-state index is 0.0128. The van der Waals surface area contributed by atoms with Crippen LogP contribution in [0.1, 0.15) is 43.1 Å². The summed E-state index contributed by atoms with van der Waals surface area (Å²) in [6, 6.07) is 5.55. The van der Waals surface area contributed by atoms with E-state index in [-0.39, 0.29) is 17.9 Å². The van der Waals surface area contributed by atoms with E-state index < -0.39 is 0 Å². The zero-order valence-corrected chi connectivity index (χ0v) is 11.6.